The average molecular weight is 422 g/mol. The van der Waals surface area contributed by atoms with Gasteiger partial charge in [-0.3, -0.25) is 4.79 Å². The fraction of sp³-hybridized carbons (Fsp3) is 0.250. The molecule has 0 aliphatic rings. The number of rotatable bonds is 6. The first kappa shape index (κ1) is 21.3. The van der Waals surface area contributed by atoms with E-state index in [-0.39, 0.29) is 18.3 Å². The van der Waals surface area contributed by atoms with Crippen molar-refractivity contribution in [3.8, 4) is 11.4 Å². The van der Waals surface area contributed by atoms with Crippen molar-refractivity contribution in [2.24, 2.45) is 0 Å². The molecule has 1 heterocycles. The van der Waals surface area contributed by atoms with E-state index in [2.05, 4.69) is 15.6 Å². The predicted molar refractivity (Wildman–Crippen MR) is 99.7 cm³/mol. The molecule has 0 fully saturated rings. The van der Waals surface area contributed by atoms with E-state index < -0.39 is 29.3 Å². The molecule has 0 bridgehead atoms. The molecule has 1 amide bonds. The second-order valence-electron chi connectivity index (χ2n) is 6.67. The normalized spacial score (nSPS) is 11.6. The number of nitrogens with one attached hydrogen (secondary N) is 1. The summed E-state index contributed by atoms with van der Waals surface area (Å²) in [6.07, 6.45) is -4.90. The number of hydrogen-bond acceptors (Lipinski definition) is 4. The number of alkyl halides is 3. The monoisotopic (exact) mass is 422 g/mol. The van der Waals surface area contributed by atoms with Crippen LogP contribution in [0.2, 0.25) is 0 Å². The summed E-state index contributed by atoms with van der Waals surface area (Å²) in [5.41, 5.74) is -1.62. The Morgan fingerprint density at radius 1 is 1.10 bits per heavy atom. The lowest BCUT2D eigenvalue weighted by atomic mass is 10.2. The molecule has 1 N–H and O–H groups in total. The molecule has 6 nitrogen and oxygen atoms in total. The third-order valence-corrected chi connectivity index (χ3v) is 3.97. The minimum atomic E-state index is -4.90. The Labute approximate surface area is 169 Å². The summed E-state index contributed by atoms with van der Waals surface area (Å²) in [5.74, 6) is -1.00. The molecule has 158 valence electrons. The molecule has 0 aliphatic heterocycles. The molecule has 0 saturated carbocycles. The molecule has 30 heavy (non-hydrogen) atoms. The SMILES string of the molecule is CC(C)Oc1ccc(CNC(=O)c2nnn(-c3ccc(F)cc3)c2C(F)(F)F)cc1. The van der Waals surface area contributed by atoms with Crippen molar-refractivity contribution in [1.82, 2.24) is 20.3 Å². The topological polar surface area (TPSA) is 69.0 Å². The van der Waals surface area contributed by atoms with Crippen molar-refractivity contribution in [2.75, 3.05) is 0 Å². The van der Waals surface area contributed by atoms with E-state index in [1.165, 1.54) is 0 Å². The molecule has 3 rings (SSSR count). The van der Waals surface area contributed by atoms with Crippen LogP contribution in [-0.2, 0) is 12.7 Å². The van der Waals surface area contributed by atoms with Crippen molar-refractivity contribution in [3.05, 3.63) is 71.3 Å². The smallest absolute Gasteiger partial charge is 0.435 e. The summed E-state index contributed by atoms with van der Waals surface area (Å²) < 4.78 is 59.9. The summed E-state index contributed by atoms with van der Waals surface area (Å²) in [5, 5.41) is 9.26. The van der Waals surface area contributed by atoms with Crippen LogP contribution in [0.4, 0.5) is 17.6 Å². The van der Waals surface area contributed by atoms with Gasteiger partial charge in [-0.25, -0.2) is 9.07 Å². The Bertz CT molecular complexity index is 1010. The van der Waals surface area contributed by atoms with Crippen LogP contribution in [0.5, 0.6) is 5.75 Å². The number of halogens is 4. The van der Waals surface area contributed by atoms with Crippen molar-refractivity contribution < 1.29 is 27.1 Å². The number of amides is 1. The molecule has 0 radical (unpaired) electrons. The highest BCUT2D eigenvalue weighted by Gasteiger charge is 2.42. The van der Waals surface area contributed by atoms with Gasteiger partial charge >= 0.3 is 6.18 Å². The van der Waals surface area contributed by atoms with Gasteiger partial charge < -0.3 is 10.1 Å². The summed E-state index contributed by atoms with van der Waals surface area (Å²) in [4.78, 5) is 12.4. The van der Waals surface area contributed by atoms with Crippen LogP contribution >= 0.6 is 0 Å². The van der Waals surface area contributed by atoms with E-state index in [4.69, 9.17) is 4.74 Å². The van der Waals surface area contributed by atoms with E-state index in [0.29, 0.717) is 16.0 Å². The van der Waals surface area contributed by atoms with Gasteiger partial charge in [-0.15, -0.1) is 5.10 Å². The van der Waals surface area contributed by atoms with Gasteiger partial charge in [-0.1, -0.05) is 17.3 Å². The Kier molecular flexibility index (Phi) is 6.04. The Balaban J connectivity index is 1.79. The molecular formula is C20H18F4N4O2. The number of carbonyl (C=O) groups excluding carboxylic acids is 1. The van der Waals surface area contributed by atoms with Gasteiger partial charge in [0, 0.05) is 6.54 Å². The van der Waals surface area contributed by atoms with Gasteiger partial charge in [0.1, 0.15) is 11.6 Å². The van der Waals surface area contributed by atoms with Crippen LogP contribution < -0.4 is 10.1 Å². The first-order valence-corrected chi connectivity index (χ1v) is 8.98. The lowest BCUT2D eigenvalue weighted by molar-refractivity contribution is -0.143. The van der Waals surface area contributed by atoms with Gasteiger partial charge in [-0.05, 0) is 55.8 Å². The van der Waals surface area contributed by atoms with Crippen LogP contribution in [0.1, 0.15) is 35.6 Å². The van der Waals surface area contributed by atoms with Crippen LogP contribution in [0.15, 0.2) is 48.5 Å². The number of carbonyl (C=O) groups is 1. The number of hydrogen-bond donors (Lipinski definition) is 1. The third-order valence-electron chi connectivity index (χ3n) is 3.97. The maximum Gasteiger partial charge on any atom is 0.435 e. The number of aromatic nitrogens is 3. The van der Waals surface area contributed by atoms with Crippen molar-refractivity contribution >= 4 is 5.91 Å². The van der Waals surface area contributed by atoms with E-state index >= 15 is 0 Å². The van der Waals surface area contributed by atoms with Gasteiger partial charge in [-0.2, -0.15) is 13.2 Å². The largest absolute Gasteiger partial charge is 0.491 e. The highest BCUT2D eigenvalue weighted by molar-refractivity contribution is 5.93. The first-order valence-electron chi connectivity index (χ1n) is 8.98. The molecule has 3 aromatic rings. The molecule has 2 aromatic carbocycles. The molecule has 0 unspecified atom stereocenters. The fourth-order valence-corrected chi connectivity index (χ4v) is 2.68. The van der Waals surface area contributed by atoms with Crippen molar-refractivity contribution in [1.29, 1.82) is 0 Å². The molecule has 0 saturated heterocycles. The third kappa shape index (κ3) is 4.94. The van der Waals surface area contributed by atoms with Crippen LogP contribution in [0.25, 0.3) is 5.69 Å². The molecule has 0 atom stereocenters. The summed E-state index contributed by atoms with van der Waals surface area (Å²) in [6, 6.07) is 11.0. The lowest BCUT2D eigenvalue weighted by Gasteiger charge is -2.12. The highest BCUT2D eigenvalue weighted by Crippen LogP contribution is 2.32. The van der Waals surface area contributed by atoms with Crippen molar-refractivity contribution in [3.63, 3.8) is 0 Å². The van der Waals surface area contributed by atoms with E-state index in [1.807, 2.05) is 13.8 Å². The first-order chi connectivity index (χ1) is 14.1. The summed E-state index contributed by atoms with van der Waals surface area (Å²) in [6.45, 7) is 3.75. The van der Waals surface area contributed by atoms with Gasteiger partial charge in [0.05, 0.1) is 11.8 Å². The van der Waals surface area contributed by atoms with Crippen LogP contribution in [0.3, 0.4) is 0 Å². The Morgan fingerprint density at radius 3 is 2.30 bits per heavy atom. The quantitative estimate of drug-likeness (QED) is 0.607. The molecule has 0 aliphatic carbocycles. The van der Waals surface area contributed by atoms with E-state index in [9.17, 15) is 22.4 Å². The van der Waals surface area contributed by atoms with Crippen LogP contribution in [-0.4, -0.2) is 27.0 Å². The standard InChI is InChI=1S/C20H18F4N4O2/c1-12(2)30-16-9-3-13(4-10-16)11-25-19(29)17-18(20(22,23)24)28(27-26-17)15-7-5-14(21)6-8-15/h3-10,12H,11H2,1-2H3,(H,25,29). The number of ether oxygens (including phenoxy) is 1. The lowest BCUT2D eigenvalue weighted by Crippen LogP contribution is -2.27. The van der Waals surface area contributed by atoms with Gasteiger partial charge in [0.15, 0.2) is 11.4 Å². The second-order valence-corrected chi connectivity index (χ2v) is 6.67. The summed E-state index contributed by atoms with van der Waals surface area (Å²) in [7, 11) is 0. The van der Waals surface area contributed by atoms with Crippen molar-refractivity contribution in [2.45, 2.75) is 32.7 Å². The fourth-order valence-electron chi connectivity index (χ4n) is 2.68. The zero-order valence-corrected chi connectivity index (χ0v) is 16.1. The number of nitrogens with zero attached hydrogens (tertiary/aromatic N) is 3. The zero-order valence-electron chi connectivity index (χ0n) is 16.1. The van der Waals surface area contributed by atoms with Gasteiger partial charge in [0.25, 0.3) is 5.91 Å². The Hall–Kier alpha value is -3.43. The molecular weight excluding hydrogens is 404 g/mol. The zero-order chi connectivity index (χ0) is 21.9. The highest BCUT2D eigenvalue weighted by atomic mass is 19.4. The molecule has 10 heteroatoms. The van der Waals surface area contributed by atoms with E-state index in [1.54, 1.807) is 24.3 Å². The minimum absolute atomic E-state index is 0.0000563. The van der Waals surface area contributed by atoms with Crippen LogP contribution in [0, 0.1) is 5.82 Å². The van der Waals surface area contributed by atoms with Gasteiger partial charge in [0.2, 0.25) is 0 Å². The van der Waals surface area contributed by atoms with E-state index in [0.717, 1.165) is 24.3 Å². The molecule has 0 spiro atoms. The average Bonchev–Trinajstić information content (AvgIpc) is 3.13. The maximum atomic E-state index is 13.6. The summed E-state index contributed by atoms with van der Waals surface area (Å²) >= 11 is 0. The minimum Gasteiger partial charge on any atom is -0.491 e. The Morgan fingerprint density at radius 2 is 1.73 bits per heavy atom. The second kappa shape index (κ2) is 8.52. The maximum absolute atomic E-state index is 13.6. The molecule has 1 aromatic heterocycles. The predicted octanol–water partition coefficient (Wildman–Crippen LogP) is 4.14. The number of benzene rings is 2.